The van der Waals surface area contributed by atoms with Crippen LogP contribution in [0.15, 0.2) is 48.7 Å². The fraction of sp³-hybridized carbons (Fsp3) is 0.167. The quantitative estimate of drug-likeness (QED) is 0.444. The second-order valence-electron chi connectivity index (χ2n) is 6.46. The fourth-order valence-corrected chi connectivity index (χ4v) is 4.23. The van der Waals surface area contributed by atoms with Crippen LogP contribution in [0.25, 0.3) is 10.9 Å². The molecule has 0 saturated carbocycles. The number of sulfonamides is 1. The molecule has 0 fully saturated rings. The number of hydrogen-bond acceptors (Lipinski definition) is 7. The summed E-state index contributed by atoms with van der Waals surface area (Å²) in [4.78, 5) is 0. The lowest BCUT2D eigenvalue weighted by molar-refractivity contribution is 0.607. The van der Waals surface area contributed by atoms with Gasteiger partial charge >= 0.3 is 0 Å². The second kappa shape index (κ2) is 7.21. The Balaban J connectivity index is 1.52. The molecule has 2 aromatic carbocycles. The third-order valence-electron chi connectivity index (χ3n) is 4.19. The van der Waals surface area contributed by atoms with Gasteiger partial charge in [0.05, 0.1) is 18.0 Å². The molecule has 3 N–H and O–H groups in total. The average molecular weight is 415 g/mol. The lowest BCUT2D eigenvalue weighted by atomic mass is 10.0. The fourth-order valence-electron chi connectivity index (χ4n) is 2.83. The largest absolute Gasteiger partial charge is 0.330 e. The standard InChI is InChI=1S/C18H18N6O2S2/c1-11(12-4-3-5-15(8-12)24-28(2,25)26)17-22-23-18(27-17)20-14-6-7-16-13(9-14)10-19-21-16/h3-11,24H,1-2H3,(H,19,21)(H,20,23). The van der Waals surface area contributed by atoms with Gasteiger partial charge in [-0.15, -0.1) is 10.2 Å². The lowest BCUT2D eigenvalue weighted by Crippen LogP contribution is -2.09. The number of nitrogens with zero attached hydrogens (tertiary/aromatic N) is 3. The topological polar surface area (TPSA) is 113 Å². The van der Waals surface area contributed by atoms with E-state index in [1.165, 1.54) is 11.3 Å². The Hall–Kier alpha value is -2.98. The molecule has 0 amide bonds. The molecule has 0 spiro atoms. The highest BCUT2D eigenvalue weighted by molar-refractivity contribution is 7.92. The molecule has 1 atom stereocenters. The summed E-state index contributed by atoms with van der Waals surface area (Å²) in [5.74, 6) is -0.0225. The molecule has 0 radical (unpaired) electrons. The molecule has 10 heteroatoms. The van der Waals surface area contributed by atoms with Crippen molar-refractivity contribution in [1.82, 2.24) is 20.4 Å². The van der Waals surface area contributed by atoms with E-state index >= 15 is 0 Å². The predicted octanol–water partition coefficient (Wildman–Crippen LogP) is 3.68. The highest BCUT2D eigenvalue weighted by atomic mass is 32.2. The Bertz CT molecular complexity index is 1230. The minimum absolute atomic E-state index is 0.0225. The molecule has 1 unspecified atom stereocenters. The zero-order chi connectivity index (χ0) is 19.7. The molecule has 4 rings (SSSR count). The summed E-state index contributed by atoms with van der Waals surface area (Å²) in [6.45, 7) is 2.02. The Labute approximate surface area is 166 Å². The van der Waals surface area contributed by atoms with E-state index in [2.05, 4.69) is 30.4 Å². The minimum atomic E-state index is -3.32. The summed E-state index contributed by atoms with van der Waals surface area (Å²) in [6, 6.07) is 13.2. The summed E-state index contributed by atoms with van der Waals surface area (Å²) in [5.41, 5.74) is 3.36. The Morgan fingerprint density at radius 2 is 1.96 bits per heavy atom. The van der Waals surface area contributed by atoms with Gasteiger partial charge in [-0.05, 0) is 35.9 Å². The van der Waals surface area contributed by atoms with Crippen molar-refractivity contribution in [1.29, 1.82) is 0 Å². The molecular weight excluding hydrogens is 396 g/mol. The van der Waals surface area contributed by atoms with Crippen molar-refractivity contribution in [2.24, 2.45) is 0 Å². The van der Waals surface area contributed by atoms with Crippen LogP contribution in [0.1, 0.15) is 23.4 Å². The zero-order valence-corrected chi connectivity index (χ0v) is 16.8. The van der Waals surface area contributed by atoms with E-state index in [0.29, 0.717) is 10.8 Å². The molecule has 4 aromatic rings. The van der Waals surface area contributed by atoms with Gasteiger partial charge in [-0.3, -0.25) is 9.82 Å². The summed E-state index contributed by atoms with van der Waals surface area (Å²) >= 11 is 1.46. The van der Waals surface area contributed by atoms with Crippen LogP contribution in [0.2, 0.25) is 0 Å². The van der Waals surface area contributed by atoms with E-state index in [1.807, 2.05) is 43.3 Å². The van der Waals surface area contributed by atoms with E-state index in [4.69, 9.17) is 0 Å². The summed E-state index contributed by atoms with van der Waals surface area (Å²) < 4.78 is 25.4. The van der Waals surface area contributed by atoms with Gasteiger partial charge in [-0.25, -0.2) is 8.42 Å². The van der Waals surface area contributed by atoms with Crippen LogP contribution in [-0.4, -0.2) is 35.1 Å². The molecule has 2 heterocycles. The molecule has 0 aliphatic rings. The highest BCUT2D eigenvalue weighted by Gasteiger charge is 2.15. The SMILES string of the molecule is CC(c1cccc(NS(C)(=O)=O)c1)c1nnc(Nc2ccc3[nH]ncc3c2)s1. The summed E-state index contributed by atoms with van der Waals surface area (Å²) in [7, 11) is -3.32. The number of anilines is 3. The van der Waals surface area contributed by atoms with E-state index in [1.54, 1.807) is 12.3 Å². The maximum absolute atomic E-state index is 11.4. The number of hydrogen-bond donors (Lipinski definition) is 3. The molecular formula is C18H18N6O2S2. The molecule has 144 valence electrons. The van der Waals surface area contributed by atoms with Crippen molar-refractivity contribution >= 4 is 48.8 Å². The molecule has 0 aliphatic heterocycles. The van der Waals surface area contributed by atoms with Crippen molar-refractivity contribution in [2.45, 2.75) is 12.8 Å². The first kappa shape index (κ1) is 18.4. The Kier molecular flexibility index (Phi) is 4.73. The van der Waals surface area contributed by atoms with Crippen molar-refractivity contribution in [3.63, 3.8) is 0 Å². The summed E-state index contributed by atoms with van der Waals surface area (Å²) in [6.07, 6.45) is 2.90. The molecule has 0 aliphatic carbocycles. The number of fused-ring (bicyclic) bond motifs is 1. The van der Waals surface area contributed by atoms with E-state index < -0.39 is 10.0 Å². The molecule has 28 heavy (non-hydrogen) atoms. The van der Waals surface area contributed by atoms with Crippen molar-refractivity contribution < 1.29 is 8.42 Å². The van der Waals surface area contributed by atoms with Gasteiger partial charge in [-0.2, -0.15) is 5.10 Å². The van der Waals surface area contributed by atoms with Crippen LogP contribution >= 0.6 is 11.3 Å². The lowest BCUT2D eigenvalue weighted by Gasteiger charge is -2.10. The first-order valence-electron chi connectivity index (χ1n) is 8.49. The Morgan fingerprint density at radius 3 is 2.79 bits per heavy atom. The number of benzene rings is 2. The van der Waals surface area contributed by atoms with Gasteiger partial charge in [0.25, 0.3) is 0 Å². The van der Waals surface area contributed by atoms with Crippen LogP contribution in [0.3, 0.4) is 0 Å². The molecule has 8 nitrogen and oxygen atoms in total. The normalized spacial score (nSPS) is 12.8. The first-order chi connectivity index (χ1) is 13.4. The average Bonchev–Trinajstić information content (AvgIpc) is 3.29. The minimum Gasteiger partial charge on any atom is -0.330 e. The van der Waals surface area contributed by atoms with E-state index in [9.17, 15) is 8.42 Å². The van der Waals surface area contributed by atoms with Gasteiger partial charge in [0.1, 0.15) is 5.01 Å². The maximum Gasteiger partial charge on any atom is 0.229 e. The number of nitrogens with one attached hydrogen (secondary N) is 3. The monoisotopic (exact) mass is 414 g/mol. The smallest absolute Gasteiger partial charge is 0.229 e. The number of H-pyrrole nitrogens is 1. The van der Waals surface area contributed by atoms with Gasteiger partial charge in [0.15, 0.2) is 0 Å². The molecule has 0 saturated heterocycles. The first-order valence-corrected chi connectivity index (χ1v) is 11.2. The maximum atomic E-state index is 11.4. The summed E-state index contributed by atoms with van der Waals surface area (Å²) in [5, 5.41) is 21.3. The zero-order valence-electron chi connectivity index (χ0n) is 15.2. The van der Waals surface area contributed by atoms with Crippen molar-refractivity contribution in [3.05, 3.63) is 59.2 Å². The van der Waals surface area contributed by atoms with E-state index in [0.717, 1.165) is 33.4 Å². The van der Waals surface area contributed by atoms with E-state index in [-0.39, 0.29) is 5.92 Å². The van der Waals surface area contributed by atoms with Crippen LogP contribution in [0.5, 0.6) is 0 Å². The van der Waals surface area contributed by atoms with Crippen LogP contribution in [0.4, 0.5) is 16.5 Å². The number of aromatic amines is 1. The van der Waals surface area contributed by atoms with Crippen LogP contribution in [-0.2, 0) is 10.0 Å². The van der Waals surface area contributed by atoms with Gasteiger partial charge in [0.2, 0.25) is 15.2 Å². The van der Waals surface area contributed by atoms with Crippen molar-refractivity contribution in [2.75, 3.05) is 16.3 Å². The third kappa shape index (κ3) is 4.12. The van der Waals surface area contributed by atoms with Gasteiger partial charge in [0, 0.05) is 22.7 Å². The third-order valence-corrected chi connectivity index (χ3v) is 5.82. The molecule has 2 aromatic heterocycles. The highest BCUT2D eigenvalue weighted by Crippen LogP contribution is 2.31. The van der Waals surface area contributed by atoms with Crippen molar-refractivity contribution in [3.8, 4) is 0 Å². The van der Waals surface area contributed by atoms with Crippen LogP contribution in [0, 0.1) is 0 Å². The predicted molar refractivity (Wildman–Crippen MR) is 112 cm³/mol. The number of rotatable bonds is 6. The van der Waals surface area contributed by atoms with Crippen LogP contribution < -0.4 is 10.0 Å². The van der Waals surface area contributed by atoms with Gasteiger partial charge < -0.3 is 5.32 Å². The van der Waals surface area contributed by atoms with Gasteiger partial charge in [-0.1, -0.05) is 30.4 Å². The molecule has 0 bridgehead atoms. The second-order valence-corrected chi connectivity index (χ2v) is 9.22. The Morgan fingerprint density at radius 1 is 1.11 bits per heavy atom. The number of aromatic nitrogens is 4.